The van der Waals surface area contributed by atoms with Gasteiger partial charge in [-0.15, -0.1) is 11.3 Å². The van der Waals surface area contributed by atoms with E-state index in [1.54, 1.807) is 17.4 Å². The van der Waals surface area contributed by atoms with Gasteiger partial charge in [-0.05, 0) is 42.1 Å². The van der Waals surface area contributed by atoms with Gasteiger partial charge in [0.05, 0.1) is 7.11 Å². The third kappa shape index (κ3) is 2.94. The maximum absolute atomic E-state index is 11.5. The number of thiophene rings is 1. The topological polar surface area (TPSA) is 51.5 Å². The van der Waals surface area contributed by atoms with Crippen LogP contribution in [0.2, 0.25) is 0 Å². The summed E-state index contributed by atoms with van der Waals surface area (Å²) < 4.78 is 10.3. The molecule has 0 radical (unpaired) electrons. The first-order valence-electron chi connectivity index (χ1n) is 6.68. The Balaban J connectivity index is 2.33. The van der Waals surface area contributed by atoms with E-state index in [9.17, 15) is 4.79 Å². The third-order valence-corrected chi connectivity index (χ3v) is 4.15. The van der Waals surface area contributed by atoms with Crippen LogP contribution in [-0.2, 0) is 11.2 Å². The fourth-order valence-electron chi connectivity index (χ4n) is 2.14. The minimum absolute atomic E-state index is 0.0200. The zero-order chi connectivity index (χ0) is 14.5. The number of hydrogen-bond acceptors (Lipinski definition) is 5. The van der Waals surface area contributed by atoms with Crippen LogP contribution in [-0.4, -0.2) is 19.6 Å². The van der Waals surface area contributed by atoms with Gasteiger partial charge in [0, 0.05) is 4.88 Å². The van der Waals surface area contributed by atoms with E-state index in [4.69, 9.17) is 4.42 Å². The molecule has 2 heterocycles. The molecule has 0 saturated carbocycles. The highest BCUT2D eigenvalue weighted by molar-refractivity contribution is 7.10. The minimum atomic E-state index is -0.451. The summed E-state index contributed by atoms with van der Waals surface area (Å²) in [5, 5.41) is 5.50. The van der Waals surface area contributed by atoms with Gasteiger partial charge in [-0.25, -0.2) is 4.79 Å². The molecule has 108 valence electrons. The fraction of sp³-hybridized carbons (Fsp3) is 0.400. The lowest BCUT2D eigenvalue weighted by molar-refractivity contribution is 0.0562. The molecule has 20 heavy (non-hydrogen) atoms. The smallest absolute Gasteiger partial charge is 0.373 e. The molecule has 0 saturated heterocycles. The van der Waals surface area contributed by atoms with Crippen LogP contribution in [0.1, 0.15) is 46.6 Å². The maximum Gasteiger partial charge on any atom is 0.373 e. The van der Waals surface area contributed by atoms with Gasteiger partial charge in [0.25, 0.3) is 0 Å². The molecule has 2 aromatic rings. The summed E-state index contributed by atoms with van der Waals surface area (Å²) >= 11 is 1.70. The normalized spacial score (nSPS) is 12.3. The first-order chi connectivity index (χ1) is 9.71. The van der Waals surface area contributed by atoms with Crippen molar-refractivity contribution in [2.45, 2.75) is 26.3 Å². The Labute approximate surface area is 122 Å². The quantitative estimate of drug-likeness (QED) is 0.829. The highest BCUT2D eigenvalue weighted by atomic mass is 32.1. The summed E-state index contributed by atoms with van der Waals surface area (Å²) in [5.74, 6) is 0.526. The van der Waals surface area contributed by atoms with Gasteiger partial charge in [-0.3, -0.25) is 0 Å². The lowest BCUT2D eigenvalue weighted by atomic mass is 10.1. The Hall–Kier alpha value is -1.59. The molecule has 0 spiro atoms. The summed E-state index contributed by atoms with van der Waals surface area (Å²) in [4.78, 5) is 12.7. The molecule has 0 aliphatic heterocycles. The number of methoxy groups -OCH3 is 1. The largest absolute Gasteiger partial charge is 0.463 e. The van der Waals surface area contributed by atoms with Crippen LogP contribution < -0.4 is 5.32 Å². The van der Waals surface area contributed by atoms with E-state index < -0.39 is 5.97 Å². The molecule has 0 fully saturated rings. The number of esters is 1. The van der Waals surface area contributed by atoms with Crippen molar-refractivity contribution in [2.75, 3.05) is 13.7 Å². The molecule has 4 nitrogen and oxygen atoms in total. The van der Waals surface area contributed by atoms with E-state index >= 15 is 0 Å². The Morgan fingerprint density at radius 2 is 2.20 bits per heavy atom. The van der Waals surface area contributed by atoms with Crippen LogP contribution in [0.15, 0.2) is 28.0 Å². The molecule has 2 rings (SSSR count). The minimum Gasteiger partial charge on any atom is -0.463 e. The average Bonchev–Trinajstić information content (AvgIpc) is 3.12. The van der Waals surface area contributed by atoms with Gasteiger partial charge < -0.3 is 14.5 Å². The molecule has 1 N–H and O–H groups in total. The van der Waals surface area contributed by atoms with Crippen LogP contribution in [0.25, 0.3) is 0 Å². The molecule has 1 atom stereocenters. The second-order valence-electron chi connectivity index (χ2n) is 4.35. The van der Waals surface area contributed by atoms with Crippen molar-refractivity contribution in [1.29, 1.82) is 0 Å². The second-order valence-corrected chi connectivity index (χ2v) is 5.30. The van der Waals surface area contributed by atoms with Gasteiger partial charge in [0.2, 0.25) is 5.76 Å². The fourth-order valence-corrected chi connectivity index (χ4v) is 3.22. The van der Waals surface area contributed by atoms with Crippen molar-refractivity contribution in [3.05, 3.63) is 45.5 Å². The lowest BCUT2D eigenvalue weighted by Gasteiger charge is -2.15. The molecule has 0 aromatic carbocycles. The maximum atomic E-state index is 11.5. The standard InChI is InChI=1S/C15H19NO3S/c1-4-10-8-9-20-14(10)13(16-5-2)11-6-7-12(19-11)15(17)18-3/h6-9,13,16H,4-5H2,1-3H3. The van der Waals surface area contributed by atoms with Crippen molar-refractivity contribution in [2.24, 2.45) is 0 Å². The van der Waals surface area contributed by atoms with Crippen LogP contribution >= 0.6 is 11.3 Å². The zero-order valence-corrected chi connectivity index (χ0v) is 12.8. The number of nitrogens with one attached hydrogen (secondary N) is 1. The number of carbonyl (C=O) groups is 1. The van der Waals surface area contributed by atoms with Crippen molar-refractivity contribution >= 4 is 17.3 Å². The monoisotopic (exact) mass is 293 g/mol. The molecule has 0 amide bonds. The number of rotatable bonds is 6. The Bertz CT molecular complexity index is 573. The summed E-state index contributed by atoms with van der Waals surface area (Å²) in [5.41, 5.74) is 1.30. The average molecular weight is 293 g/mol. The molecule has 0 bridgehead atoms. The number of ether oxygens (including phenoxy) is 1. The highest BCUT2D eigenvalue weighted by Crippen LogP contribution is 2.31. The molecule has 2 aromatic heterocycles. The Morgan fingerprint density at radius 1 is 1.40 bits per heavy atom. The lowest BCUT2D eigenvalue weighted by Crippen LogP contribution is -2.21. The van der Waals surface area contributed by atoms with Gasteiger partial charge in [0.15, 0.2) is 0 Å². The van der Waals surface area contributed by atoms with E-state index in [2.05, 4.69) is 35.3 Å². The summed E-state index contributed by atoms with van der Waals surface area (Å²) in [6.07, 6.45) is 0.977. The molecular weight excluding hydrogens is 274 g/mol. The summed E-state index contributed by atoms with van der Waals surface area (Å²) in [6.45, 7) is 5.01. The van der Waals surface area contributed by atoms with Crippen molar-refractivity contribution in [3.63, 3.8) is 0 Å². The third-order valence-electron chi connectivity index (χ3n) is 3.13. The predicted octanol–water partition coefficient (Wildman–Crippen LogP) is 3.39. The van der Waals surface area contributed by atoms with Gasteiger partial charge in [0.1, 0.15) is 11.8 Å². The van der Waals surface area contributed by atoms with Crippen molar-refractivity contribution in [1.82, 2.24) is 5.32 Å². The zero-order valence-electron chi connectivity index (χ0n) is 11.9. The van der Waals surface area contributed by atoms with E-state index in [1.807, 2.05) is 6.07 Å². The summed E-state index contributed by atoms with van der Waals surface area (Å²) in [7, 11) is 1.35. The first kappa shape index (κ1) is 14.8. The van der Waals surface area contributed by atoms with E-state index in [0.717, 1.165) is 18.7 Å². The number of furan rings is 1. The number of hydrogen-bond donors (Lipinski definition) is 1. The molecule has 0 aliphatic rings. The van der Waals surface area contributed by atoms with Gasteiger partial charge >= 0.3 is 5.97 Å². The molecular formula is C15H19NO3S. The predicted molar refractivity (Wildman–Crippen MR) is 79.3 cm³/mol. The molecule has 5 heteroatoms. The van der Waals surface area contributed by atoms with Crippen molar-refractivity contribution < 1.29 is 13.9 Å². The Morgan fingerprint density at radius 3 is 2.85 bits per heavy atom. The number of aryl methyl sites for hydroxylation is 1. The van der Waals surface area contributed by atoms with E-state index in [1.165, 1.54) is 17.6 Å². The second kappa shape index (κ2) is 6.72. The summed E-state index contributed by atoms with van der Waals surface area (Å²) in [6, 6.07) is 5.60. The highest BCUT2D eigenvalue weighted by Gasteiger charge is 2.22. The van der Waals surface area contributed by atoms with Crippen LogP contribution in [0, 0.1) is 0 Å². The molecule has 1 unspecified atom stereocenters. The molecule has 0 aliphatic carbocycles. The van der Waals surface area contributed by atoms with Crippen LogP contribution in [0.5, 0.6) is 0 Å². The van der Waals surface area contributed by atoms with Gasteiger partial charge in [-0.2, -0.15) is 0 Å². The van der Waals surface area contributed by atoms with Crippen LogP contribution in [0.3, 0.4) is 0 Å². The van der Waals surface area contributed by atoms with Gasteiger partial charge in [-0.1, -0.05) is 13.8 Å². The number of carbonyl (C=O) groups excluding carboxylic acids is 1. The van der Waals surface area contributed by atoms with E-state index in [-0.39, 0.29) is 11.8 Å². The first-order valence-corrected chi connectivity index (χ1v) is 7.56. The SMILES string of the molecule is CCNC(c1ccc(C(=O)OC)o1)c1sccc1CC. The Kier molecular flexibility index (Phi) is 4.98. The van der Waals surface area contributed by atoms with Crippen LogP contribution in [0.4, 0.5) is 0 Å². The van der Waals surface area contributed by atoms with Crippen molar-refractivity contribution in [3.8, 4) is 0 Å². The van der Waals surface area contributed by atoms with E-state index in [0.29, 0.717) is 0 Å².